The molecule has 0 bridgehead atoms. The molecule has 2 rings (SSSR count). The van der Waals surface area contributed by atoms with E-state index >= 15 is 0 Å². The van der Waals surface area contributed by atoms with Crippen molar-refractivity contribution in [2.75, 3.05) is 6.54 Å². The minimum absolute atomic E-state index is 0.203. The van der Waals surface area contributed by atoms with Gasteiger partial charge in [0.15, 0.2) is 0 Å². The van der Waals surface area contributed by atoms with Gasteiger partial charge in [-0.2, -0.15) is 0 Å². The van der Waals surface area contributed by atoms with Gasteiger partial charge in [0.25, 0.3) is 0 Å². The average molecular weight is 347 g/mol. The van der Waals surface area contributed by atoms with Crippen LogP contribution >= 0.6 is 38.6 Å². The Morgan fingerprint density at radius 2 is 2.00 bits per heavy atom. The van der Waals surface area contributed by atoms with Crippen LogP contribution < -0.4 is 5.32 Å². The predicted molar refractivity (Wildman–Crippen MR) is 78.4 cm³/mol. The second-order valence-corrected chi connectivity index (χ2v) is 7.32. The fraction of sp³-hybridized carbons (Fsp3) is 0.273. The number of rotatable bonds is 6. The number of hydrogen-bond donors (Lipinski definition) is 1. The van der Waals surface area contributed by atoms with Gasteiger partial charge in [0.1, 0.15) is 0 Å². The van der Waals surface area contributed by atoms with Crippen molar-refractivity contribution in [3.8, 4) is 0 Å². The molecule has 0 aromatic carbocycles. The molecule has 0 atom stereocenters. The van der Waals surface area contributed by atoms with Gasteiger partial charge < -0.3 is 5.32 Å². The lowest BCUT2D eigenvalue weighted by molar-refractivity contribution is -0.380. The first-order valence-corrected chi connectivity index (χ1v) is 7.76. The number of hydrogen-bond acceptors (Lipinski definition) is 5. The predicted octanol–water partition coefficient (Wildman–Crippen LogP) is 3.81. The van der Waals surface area contributed by atoms with Crippen LogP contribution in [0.25, 0.3) is 0 Å². The summed E-state index contributed by atoms with van der Waals surface area (Å²) in [6.45, 7) is 1.56. The lowest BCUT2D eigenvalue weighted by atomic mass is 10.3. The second-order valence-electron chi connectivity index (χ2n) is 3.63. The quantitative estimate of drug-likeness (QED) is 0.491. The van der Waals surface area contributed by atoms with E-state index in [1.807, 2.05) is 6.07 Å². The van der Waals surface area contributed by atoms with Gasteiger partial charge in [0.2, 0.25) is 0 Å². The van der Waals surface area contributed by atoms with Crippen molar-refractivity contribution >= 4 is 43.6 Å². The molecule has 0 aliphatic heterocycles. The van der Waals surface area contributed by atoms with Crippen molar-refractivity contribution in [2.45, 2.75) is 13.0 Å². The maximum Gasteiger partial charge on any atom is 0.324 e. The monoisotopic (exact) mass is 346 g/mol. The first-order chi connectivity index (χ1) is 8.65. The number of thiophene rings is 2. The molecule has 18 heavy (non-hydrogen) atoms. The summed E-state index contributed by atoms with van der Waals surface area (Å²) in [6, 6.07) is 7.50. The maximum atomic E-state index is 10.5. The molecular formula is C11H11BrN2O2S2. The largest absolute Gasteiger partial charge is 0.324 e. The second kappa shape index (κ2) is 6.42. The van der Waals surface area contributed by atoms with Crippen LogP contribution in [-0.4, -0.2) is 11.5 Å². The van der Waals surface area contributed by atoms with Crippen molar-refractivity contribution in [1.29, 1.82) is 0 Å². The molecular weight excluding hydrogens is 336 g/mol. The summed E-state index contributed by atoms with van der Waals surface area (Å²) >= 11 is 6.39. The van der Waals surface area contributed by atoms with Gasteiger partial charge in [0.05, 0.1) is 8.71 Å². The molecule has 96 valence electrons. The van der Waals surface area contributed by atoms with Gasteiger partial charge >= 0.3 is 5.00 Å². The van der Waals surface area contributed by atoms with Crippen molar-refractivity contribution in [3.05, 3.63) is 47.9 Å². The summed E-state index contributed by atoms with van der Waals surface area (Å²) in [7, 11) is 0. The van der Waals surface area contributed by atoms with E-state index in [0.717, 1.165) is 21.6 Å². The van der Waals surface area contributed by atoms with Crippen LogP contribution in [0.4, 0.5) is 5.00 Å². The molecule has 0 saturated heterocycles. The van der Waals surface area contributed by atoms with E-state index in [2.05, 4.69) is 27.3 Å². The van der Waals surface area contributed by atoms with Gasteiger partial charge in [0, 0.05) is 28.9 Å². The normalized spacial score (nSPS) is 10.7. The number of nitro groups is 1. The Balaban J connectivity index is 1.73. The Morgan fingerprint density at radius 3 is 2.61 bits per heavy atom. The molecule has 0 spiro atoms. The molecule has 0 aliphatic carbocycles. The van der Waals surface area contributed by atoms with E-state index in [1.54, 1.807) is 23.5 Å². The smallest absolute Gasteiger partial charge is 0.311 e. The minimum Gasteiger partial charge on any atom is -0.311 e. The summed E-state index contributed by atoms with van der Waals surface area (Å²) in [5, 5.41) is 14.0. The third kappa shape index (κ3) is 3.88. The lowest BCUT2D eigenvalue weighted by Crippen LogP contribution is -2.15. The van der Waals surface area contributed by atoms with E-state index < -0.39 is 0 Å². The van der Waals surface area contributed by atoms with Crippen LogP contribution in [-0.2, 0) is 13.0 Å². The van der Waals surface area contributed by atoms with Gasteiger partial charge in [-0.15, -0.1) is 11.3 Å². The highest BCUT2D eigenvalue weighted by molar-refractivity contribution is 9.11. The zero-order valence-electron chi connectivity index (χ0n) is 9.39. The zero-order valence-corrected chi connectivity index (χ0v) is 12.6. The highest BCUT2D eigenvalue weighted by atomic mass is 79.9. The Bertz CT molecular complexity index is 539. The van der Waals surface area contributed by atoms with E-state index in [-0.39, 0.29) is 9.92 Å². The first kappa shape index (κ1) is 13.7. The van der Waals surface area contributed by atoms with Crippen molar-refractivity contribution < 1.29 is 4.92 Å². The maximum absolute atomic E-state index is 10.5. The van der Waals surface area contributed by atoms with E-state index in [4.69, 9.17) is 0 Å². The summed E-state index contributed by atoms with van der Waals surface area (Å²) in [5.41, 5.74) is 0. The Morgan fingerprint density at radius 1 is 1.22 bits per heavy atom. The van der Waals surface area contributed by atoms with Gasteiger partial charge in [-0.1, -0.05) is 11.3 Å². The molecule has 0 saturated carbocycles. The minimum atomic E-state index is -0.350. The fourth-order valence-electron chi connectivity index (χ4n) is 1.47. The third-order valence-corrected chi connectivity index (χ3v) is 5.02. The van der Waals surface area contributed by atoms with Gasteiger partial charge in [-0.3, -0.25) is 10.1 Å². The molecule has 0 aliphatic rings. The van der Waals surface area contributed by atoms with Crippen molar-refractivity contribution in [3.63, 3.8) is 0 Å². The van der Waals surface area contributed by atoms with Crippen molar-refractivity contribution in [1.82, 2.24) is 5.32 Å². The molecule has 1 N–H and O–H groups in total. The van der Waals surface area contributed by atoms with Crippen LogP contribution in [0.1, 0.15) is 9.75 Å². The van der Waals surface area contributed by atoms with E-state index in [1.165, 1.54) is 16.2 Å². The van der Waals surface area contributed by atoms with E-state index in [9.17, 15) is 10.1 Å². The van der Waals surface area contributed by atoms with Crippen LogP contribution in [0.3, 0.4) is 0 Å². The first-order valence-electron chi connectivity index (χ1n) is 5.33. The molecule has 2 aromatic heterocycles. The van der Waals surface area contributed by atoms with Crippen molar-refractivity contribution in [2.24, 2.45) is 0 Å². The molecule has 4 nitrogen and oxygen atoms in total. The summed E-state index contributed by atoms with van der Waals surface area (Å²) < 4.78 is 1.14. The highest BCUT2D eigenvalue weighted by Gasteiger charge is 2.08. The van der Waals surface area contributed by atoms with E-state index in [0.29, 0.717) is 6.54 Å². The SMILES string of the molecule is O=[N+]([O-])c1ccc(CNCCc2ccc(Br)s2)s1. The summed E-state index contributed by atoms with van der Waals surface area (Å²) in [4.78, 5) is 12.5. The van der Waals surface area contributed by atoms with Gasteiger partial charge in [-0.05, 0) is 40.5 Å². The topological polar surface area (TPSA) is 55.2 Å². The fourth-order valence-corrected chi connectivity index (χ4v) is 3.74. The molecule has 7 heteroatoms. The lowest BCUT2D eigenvalue weighted by Gasteiger charge is -2.00. The Hall–Kier alpha value is -0.760. The van der Waals surface area contributed by atoms with Gasteiger partial charge in [-0.25, -0.2) is 0 Å². The standard InChI is InChI=1S/C11H11BrN2O2S2/c12-10-3-1-8(17-10)5-6-13-7-9-2-4-11(18-9)14(15)16/h1-4,13H,5-7H2. The molecule has 2 heterocycles. The Labute approximate surface area is 121 Å². The number of nitrogens with zero attached hydrogens (tertiary/aromatic N) is 1. The zero-order chi connectivity index (χ0) is 13.0. The molecule has 2 aromatic rings. The molecule has 0 fully saturated rings. The summed E-state index contributed by atoms with van der Waals surface area (Å²) in [5.74, 6) is 0. The third-order valence-electron chi connectivity index (χ3n) is 2.30. The van der Waals surface area contributed by atoms with Crippen LogP contribution in [0.2, 0.25) is 0 Å². The number of nitrogens with one attached hydrogen (secondary N) is 1. The average Bonchev–Trinajstić information content (AvgIpc) is 2.93. The molecule has 0 amide bonds. The highest BCUT2D eigenvalue weighted by Crippen LogP contribution is 2.24. The van der Waals surface area contributed by atoms with Crippen LogP contribution in [0, 0.1) is 10.1 Å². The molecule has 0 unspecified atom stereocenters. The summed E-state index contributed by atoms with van der Waals surface area (Å²) in [6.07, 6.45) is 0.976. The van der Waals surface area contributed by atoms with Crippen LogP contribution in [0.5, 0.6) is 0 Å². The molecule has 0 radical (unpaired) electrons. The number of halogens is 1. The Kier molecular flexibility index (Phi) is 4.87. The van der Waals surface area contributed by atoms with Crippen LogP contribution in [0.15, 0.2) is 28.1 Å².